The van der Waals surface area contributed by atoms with Crippen molar-refractivity contribution in [1.29, 1.82) is 0 Å². The number of aromatic hydroxyl groups is 1. The van der Waals surface area contributed by atoms with Crippen molar-refractivity contribution in [2.75, 3.05) is 5.32 Å². The predicted molar refractivity (Wildman–Crippen MR) is 127 cm³/mol. The van der Waals surface area contributed by atoms with E-state index in [-0.39, 0.29) is 23.1 Å². The predicted octanol–water partition coefficient (Wildman–Crippen LogP) is 5.22. The van der Waals surface area contributed by atoms with Gasteiger partial charge in [-0.05, 0) is 60.4 Å². The lowest BCUT2D eigenvalue weighted by molar-refractivity contribution is -0.120. The van der Waals surface area contributed by atoms with Crippen LogP contribution in [0.1, 0.15) is 54.9 Å². The minimum absolute atomic E-state index is 0.0882. The summed E-state index contributed by atoms with van der Waals surface area (Å²) in [5.74, 6) is -0.380. The average Bonchev–Trinajstić information content (AvgIpc) is 2.83. The normalized spacial score (nSPS) is 14.8. The Kier molecular flexibility index (Phi) is 6.50. The van der Waals surface area contributed by atoms with Crippen LogP contribution < -0.4 is 10.7 Å². The van der Waals surface area contributed by atoms with Crippen LogP contribution in [-0.4, -0.2) is 22.6 Å². The van der Waals surface area contributed by atoms with Crippen molar-refractivity contribution < 1.29 is 14.7 Å². The molecule has 0 aliphatic heterocycles. The number of rotatable bonds is 5. The Morgan fingerprint density at radius 1 is 0.938 bits per heavy atom. The first-order valence-electron chi connectivity index (χ1n) is 11.0. The molecular weight excluding hydrogens is 402 g/mol. The first-order valence-corrected chi connectivity index (χ1v) is 11.0. The highest BCUT2D eigenvalue weighted by molar-refractivity contribution is 6.04. The Balaban J connectivity index is 1.40. The Morgan fingerprint density at radius 3 is 2.28 bits per heavy atom. The Bertz CT molecular complexity index is 1160. The van der Waals surface area contributed by atoms with Crippen molar-refractivity contribution >= 4 is 34.0 Å². The van der Waals surface area contributed by atoms with Crippen molar-refractivity contribution in [2.24, 2.45) is 11.0 Å². The molecule has 3 N–H and O–H groups in total. The minimum atomic E-state index is -0.482. The third-order valence-corrected chi connectivity index (χ3v) is 5.98. The number of phenols is 1. The molecule has 0 heterocycles. The van der Waals surface area contributed by atoms with Gasteiger partial charge in [0.2, 0.25) is 5.91 Å². The number of phenolic OH excluding ortho intramolecular Hbond substituents is 1. The van der Waals surface area contributed by atoms with Crippen molar-refractivity contribution in [3.63, 3.8) is 0 Å². The third kappa shape index (κ3) is 4.97. The molecule has 1 saturated carbocycles. The smallest absolute Gasteiger partial charge is 0.275 e. The highest BCUT2D eigenvalue weighted by Crippen LogP contribution is 2.26. The molecule has 164 valence electrons. The summed E-state index contributed by atoms with van der Waals surface area (Å²) in [6, 6.07) is 18.1. The van der Waals surface area contributed by atoms with Gasteiger partial charge in [0.15, 0.2) is 0 Å². The highest BCUT2D eigenvalue weighted by Gasteiger charge is 2.21. The lowest BCUT2D eigenvalue weighted by Crippen LogP contribution is -2.24. The fourth-order valence-corrected chi connectivity index (χ4v) is 4.07. The van der Waals surface area contributed by atoms with Crippen LogP contribution in [0.2, 0.25) is 0 Å². The second-order valence-corrected chi connectivity index (χ2v) is 8.26. The molecule has 0 spiro atoms. The number of carbonyl (C=O) groups is 2. The van der Waals surface area contributed by atoms with E-state index >= 15 is 0 Å². The zero-order chi connectivity index (χ0) is 22.5. The van der Waals surface area contributed by atoms with E-state index in [9.17, 15) is 14.7 Å². The van der Waals surface area contributed by atoms with Crippen LogP contribution in [-0.2, 0) is 4.79 Å². The molecule has 1 fully saturated rings. The molecule has 6 nitrogen and oxygen atoms in total. The van der Waals surface area contributed by atoms with Crippen LogP contribution in [0.4, 0.5) is 5.69 Å². The summed E-state index contributed by atoms with van der Waals surface area (Å²) >= 11 is 0. The lowest BCUT2D eigenvalue weighted by Gasteiger charge is -2.20. The fraction of sp³-hybridized carbons (Fsp3) is 0.269. The van der Waals surface area contributed by atoms with E-state index in [0.29, 0.717) is 5.71 Å². The Morgan fingerprint density at radius 2 is 1.59 bits per heavy atom. The van der Waals surface area contributed by atoms with Gasteiger partial charge in [-0.25, -0.2) is 5.43 Å². The topological polar surface area (TPSA) is 90.8 Å². The van der Waals surface area contributed by atoms with Crippen LogP contribution >= 0.6 is 0 Å². The number of amides is 2. The summed E-state index contributed by atoms with van der Waals surface area (Å²) in [5, 5.41) is 19.1. The maximum atomic E-state index is 12.5. The standard InChI is InChI=1S/C26H27N3O3/c1-17(18-11-13-22(14-12-18)27-25(31)19-7-3-2-4-8-19)28-29-26(32)23-15-20-9-5-6-10-21(20)16-24(23)30/h5-6,9-16,19,30H,2-4,7-8H2,1H3,(H,27,31)(H,29,32)/b28-17-. The van der Waals surface area contributed by atoms with Gasteiger partial charge in [0.05, 0.1) is 11.3 Å². The largest absolute Gasteiger partial charge is 0.507 e. The summed E-state index contributed by atoms with van der Waals surface area (Å²) in [5.41, 5.74) is 4.87. The molecule has 0 unspecified atom stereocenters. The van der Waals surface area contributed by atoms with E-state index < -0.39 is 5.91 Å². The lowest BCUT2D eigenvalue weighted by atomic mass is 9.88. The van der Waals surface area contributed by atoms with Gasteiger partial charge in [-0.15, -0.1) is 0 Å². The van der Waals surface area contributed by atoms with Gasteiger partial charge >= 0.3 is 0 Å². The van der Waals surface area contributed by atoms with E-state index in [1.54, 1.807) is 19.1 Å². The van der Waals surface area contributed by atoms with Gasteiger partial charge < -0.3 is 10.4 Å². The van der Waals surface area contributed by atoms with E-state index in [1.807, 2.05) is 48.5 Å². The third-order valence-electron chi connectivity index (χ3n) is 5.98. The van der Waals surface area contributed by atoms with E-state index in [1.165, 1.54) is 6.42 Å². The Hall–Kier alpha value is -3.67. The number of benzene rings is 3. The summed E-state index contributed by atoms with van der Waals surface area (Å²) in [4.78, 5) is 24.9. The molecule has 6 heteroatoms. The quantitative estimate of drug-likeness (QED) is 0.384. The second kappa shape index (κ2) is 9.64. The van der Waals surface area contributed by atoms with Crippen LogP contribution in [0, 0.1) is 5.92 Å². The maximum Gasteiger partial charge on any atom is 0.275 e. The molecule has 32 heavy (non-hydrogen) atoms. The highest BCUT2D eigenvalue weighted by atomic mass is 16.3. The van der Waals surface area contributed by atoms with Crippen molar-refractivity contribution in [3.05, 3.63) is 71.8 Å². The SMILES string of the molecule is C/C(=N/NC(=O)c1cc2ccccc2cc1O)c1ccc(NC(=O)C2CCCCC2)cc1. The molecular formula is C26H27N3O3. The van der Waals surface area contributed by atoms with Crippen LogP contribution in [0.25, 0.3) is 10.8 Å². The molecule has 0 bridgehead atoms. The van der Waals surface area contributed by atoms with Crippen LogP contribution in [0.15, 0.2) is 65.8 Å². The molecule has 1 aliphatic rings. The second-order valence-electron chi connectivity index (χ2n) is 8.26. The van der Waals surface area contributed by atoms with Gasteiger partial charge in [0.25, 0.3) is 5.91 Å². The summed E-state index contributed by atoms with van der Waals surface area (Å²) in [6.45, 7) is 1.79. The van der Waals surface area contributed by atoms with Gasteiger partial charge in [0, 0.05) is 11.6 Å². The molecule has 0 radical (unpaired) electrons. The Labute approximate surface area is 187 Å². The van der Waals surface area contributed by atoms with Crippen LogP contribution in [0.5, 0.6) is 5.75 Å². The number of fused-ring (bicyclic) bond motifs is 1. The van der Waals surface area contributed by atoms with Gasteiger partial charge in [0.1, 0.15) is 5.75 Å². The monoisotopic (exact) mass is 429 g/mol. The molecule has 2 amide bonds. The molecule has 0 aromatic heterocycles. The average molecular weight is 430 g/mol. The fourth-order valence-electron chi connectivity index (χ4n) is 4.07. The van der Waals surface area contributed by atoms with Crippen LogP contribution in [0.3, 0.4) is 0 Å². The molecule has 3 aromatic carbocycles. The molecule has 1 aliphatic carbocycles. The summed E-state index contributed by atoms with van der Waals surface area (Å²) in [6.07, 6.45) is 5.38. The first kappa shape index (κ1) is 21.6. The first-order chi connectivity index (χ1) is 15.5. The van der Waals surface area contributed by atoms with Crippen molar-refractivity contribution in [2.45, 2.75) is 39.0 Å². The number of nitrogens with zero attached hydrogens (tertiary/aromatic N) is 1. The number of nitrogens with one attached hydrogen (secondary N) is 2. The molecule has 4 rings (SSSR count). The van der Waals surface area contributed by atoms with E-state index in [4.69, 9.17) is 0 Å². The van der Waals surface area contributed by atoms with Gasteiger partial charge in [-0.3, -0.25) is 9.59 Å². The molecule has 0 saturated heterocycles. The van der Waals surface area contributed by atoms with E-state index in [2.05, 4.69) is 15.8 Å². The summed E-state index contributed by atoms with van der Waals surface area (Å²) in [7, 11) is 0. The van der Waals surface area contributed by atoms with E-state index in [0.717, 1.165) is 47.7 Å². The minimum Gasteiger partial charge on any atom is -0.507 e. The van der Waals surface area contributed by atoms with Crippen molar-refractivity contribution in [1.82, 2.24) is 5.43 Å². The van der Waals surface area contributed by atoms with Crippen molar-refractivity contribution in [3.8, 4) is 5.75 Å². The maximum absolute atomic E-state index is 12.5. The number of hydrogen-bond donors (Lipinski definition) is 3. The number of hydrogen-bond acceptors (Lipinski definition) is 4. The zero-order valence-corrected chi connectivity index (χ0v) is 18.1. The summed E-state index contributed by atoms with van der Waals surface area (Å²) < 4.78 is 0. The number of hydrazone groups is 1. The number of anilines is 1. The zero-order valence-electron chi connectivity index (χ0n) is 18.1. The molecule has 0 atom stereocenters. The van der Waals surface area contributed by atoms with Gasteiger partial charge in [-0.2, -0.15) is 5.10 Å². The number of carbonyl (C=O) groups excluding carboxylic acids is 2. The van der Waals surface area contributed by atoms with Gasteiger partial charge in [-0.1, -0.05) is 55.7 Å². The molecule has 3 aromatic rings.